The highest BCUT2D eigenvalue weighted by molar-refractivity contribution is 5.24. The van der Waals surface area contributed by atoms with E-state index in [4.69, 9.17) is 9.47 Å². The third kappa shape index (κ3) is 3.74. The molecule has 11 heteroatoms. The predicted molar refractivity (Wildman–Crippen MR) is 131 cm³/mol. The molecule has 220 valence electrons. The first-order valence-corrected chi connectivity index (χ1v) is 14.1. The summed E-state index contributed by atoms with van der Waals surface area (Å²) in [5, 5.41) is 99.2. The number of aliphatic hydroxyl groups is 9. The number of hydrogen-bond acceptors (Lipinski definition) is 11. The zero-order valence-electron chi connectivity index (χ0n) is 22.4. The van der Waals surface area contributed by atoms with Crippen molar-refractivity contribution in [2.45, 2.75) is 132 Å². The lowest BCUT2D eigenvalue weighted by molar-refractivity contribution is -0.343. The van der Waals surface area contributed by atoms with Crippen molar-refractivity contribution in [1.82, 2.24) is 0 Å². The van der Waals surface area contributed by atoms with Gasteiger partial charge < -0.3 is 55.4 Å². The molecular formula is C27H46O11. The summed E-state index contributed by atoms with van der Waals surface area (Å²) >= 11 is 0. The minimum Gasteiger partial charge on any atom is -0.396 e. The molecule has 0 unspecified atom stereocenters. The Labute approximate surface area is 223 Å². The number of ether oxygens (including phenoxy) is 2. The van der Waals surface area contributed by atoms with Crippen molar-refractivity contribution in [3.05, 3.63) is 0 Å². The molecule has 9 N–H and O–H groups in total. The lowest BCUT2D eigenvalue weighted by atomic mass is 9.40. The van der Waals surface area contributed by atoms with Crippen molar-refractivity contribution in [3.63, 3.8) is 0 Å². The first kappa shape index (κ1) is 29.1. The monoisotopic (exact) mass is 546 g/mol. The molecule has 0 amide bonds. The number of fused-ring (bicyclic) bond motifs is 5. The highest BCUT2D eigenvalue weighted by Crippen LogP contribution is 2.70. The lowest BCUT2D eigenvalue weighted by Crippen LogP contribution is -2.76. The predicted octanol–water partition coefficient (Wildman–Crippen LogP) is -1.62. The molecule has 5 fully saturated rings. The van der Waals surface area contributed by atoms with Crippen LogP contribution in [0.3, 0.4) is 0 Å². The fourth-order valence-corrected chi connectivity index (χ4v) is 9.72. The van der Waals surface area contributed by atoms with E-state index in [1.54, 1.807) is 6.92 Å². The summed E-state index contributed by atoms with van der Waals surface area (Å²) in [6.45, 7) is 4.54. The van der Waals surface area contributed by atoms with Crippen LogP contribution in [0.5, 0.6) is 0 Å². The van der Waals surface area contributed by atoms with Crippen LogP contribution in [0.1, 0.15) is 65.7 Å². The Bertz CT molecular complexity index is 889. The third-order valence-corrected chi connectivity index (χ3v) is 11.7. The van der Waals surface area contributed by atoms with Crippen LogP contribution in [0.2, 0.25) is 0 Å². The maximum Gasteiger partial charge on any atom is 0.186 e. The SMILES string of the molecule is C[C@H](O)[C@H]1CC[C@]2(O)[C@@H]3CC[C@]4(O)C[C@@H](O[C@@H]5O[C@@H](C)[C@H](O)[C@@H](O)[C@H]5O)C[C@@H](O)[C@]4(CO)[C@H]3[C@H](O)C[C@]12C. The number of hydrogen-bond donors (Lipinski definition) is 9. The van der Waals surface area contributed by atoms with Crippen LogP contribution >= 0.6 is 0 Å². The lowest BCUT2D eigenvalue weighted by Gasteiger charge is -2.68. The second-order valence-corrected chi connectivity index (χ2v) is 13.3. The standard InChI is InChI=1S/C27H46O11/c1-12(29)15-5-7-27(36)16-4-6-25(35)9-14(38-23-22(34)21(33)20(32)13(2)37-23)8-18(31)26(25,11-28)19(16)17(30)10-24(15,27)3/h12-23,28-36H,4-11H2,1-3H3/t12-,13-,14-,15+,16+,17+,18+,19+,20-,21+,22+,23-,24+,25-,26+,27-/m0/s1. The first-order valence-electron chi connectivity index (χ1n) is 14.1. The third-order valence-electron chi connectivity index (χ3n) is 11.7. The largest absolute Gasteiger partial charge is 0.396 e. The van der Waals surface area contributed by atoms with Gasteiger partial charge in [0.1, 0.15) is 18.3 Å². The van der Waals surface area contributed by atoms with E-state index in [2.05, 4.69) is 0 Å². The fraction of sp³-hybridized carbons (Fsp3) is 1.00. The van der Waals surface area contributed by atoms with E-state index in [1.165, 1.54) is 6.92 Å². The molecule has 5 aliphatic rings. The van der Waals surface area contributed by atoms with E-state index in [9.17, 15) is 46.0 Å². The van der Waals surface area contributed by atoms with Gasteiger partial charge in [0.15, 0.2) is 6.29 Å². The average Bonchev–Trinajstić information content (AvgIpc) is 3.11. The number of rotatable bonds is 4. The molecule has 38 heavy (non-hydrogen) atoms. The minimum atomic E-state index is -1.65. The summed E-state index contributed by atoms with van der Waals surface area (Å²) in [5.41, 5.74) is -5.16. The Kier molecular flexibility index (Phi) is 7.31. The van der Waals surface area contributed by atoms with Gasteiger partial charge in [0.25, 0.3) is 0 Å². The normalized spacial score (nSPS) is 59.5. The van der Waals surface area contributed by atoms with Gasteiger partial charge in [0, 0.05) is 24.2 Å². The van der Waals surface area contributed by atoms with E-state index < -0.39 is 95.6 Å². The molecule has 0 radical (unpaired) electrons. The zero-order chi connectivity index (χ0) is 28.0. The van der Waals surface area contributed by atoms with Crippen molar-refractivity contribution >= 4 is 0 Å². The fourth-order valence-electron chi connectivity index (χ4n) is 9.72. The van der Waals surface area contributed by atoms with Crippen LogP contribution in [0, 0.1) is 28.6 Å². The van der Waals surface area contributed by atoms with Gasteiger partial charge in [0.05, 0.1) is 53.7 Å². The van der Waals surface area contributed by atoms with Gasteiger partial charge in [-0.3, -0.25) is 0 Å². The summed E-state index contributed by atoms with van der Waals surface area (Å²) in [4.78, 5) is 0. The van der Waals surface area contributed by atoms with E-state index >= 15 is 0 Å². The molecule has 11 nitrogen and oxygen atoms in total. The highest BCUT2D eigenvalue weighted by atomic mass is 16.7. The van der Waals surface area contributed by atoms with Crippen LogP contribution in [-0.2, 0) is 9.47 Å². The first-order chi connectivity index (χ1) is 17.7. The quantitative estimate of drug-likeness (QED) is 0.184. The van der Waals surface area contributed by atoms with Gasteiger partial charge in [-0.15, -0.1) is 0 Å². The molecule has 1 heterocycles. The van der Waals surface area contributed by atoms with Gasteiger partial charge in [-0.2, -0.15) is 0 Å². The summed E-state index contributed by atoms with van der Waals surface area (Å²) in [6.07, 6.45) is -8.61. The van der Waals surface area contributed by atoms with Crippen LogP contribution < -0.4 is 0 Å². The molecule has 16 atom stereocenters. The van der Waals surface area contributed by atoms with Crippen molar-refractivity contribution in [2.24, 2.45) is 28.6 Å². The van der Waals surface area contributed by atoms with Gasteiger partial charge in [-0.1, -0.05) is 6.92 Å². The summed E-state index contributed by atoms with van der Waals surface area (Å²) < 4.78 is 11.5. The second-order valence-electron chi connectivity index (χ2n) is 13.3. The van der Waals surface area contributed by atoms with Gasteiger partial charge in [-0.05, 0) is 57.8 Å². The average molecular weight is 547 g/mol. The van der Waals surface area contributed by atoms with E-state index in [0.29, 0.717) is 19.3 Å². The molecule has 0 aromatic heterocycles. The van der Waals surface area contributed by atoms with Crippen LogP contribution in [0.25, 0.3) is 0 Å². The van der Waals surface area contributed by atoms with Gasteiger partial charge >= 0.3 is 0 Å². The molecule has 0 aromatic rings. The zero-order valence-corrected chi connectivity index (χ0v) is 22.4. The highest BCUT2D eigenvalue weighted by Gasteiger charge is 2.75. The Balaban J connectivity index is 1.43. The van der Waals surface area contributed by atoms with Crippen LogP contribution in [0.4, 0.5) is 0 Å². The van der Waals surface area contributed by atoms with Crippen LogP contribution in [0.15, 0.2) is 0 Å². The summed E-state index contributed by atoms with van der Waals surface area (Å²) in [5.74, 6) is -1.50. The molecule has 4 saturated carbocycles. The molecule has 1 saturated heterocycles. The smallest absolute Gasteiger partial charge is 0.186 e. The molecule has 4 aliphatic carbocycles. The second kappa shape index (κ2) is 9.55. The van der Waals surface area contributed by atoms with Crippen molar-refractivity contribution in [1.29, 1.82) is 0 Å². The van der Waals surface area contributed by atoms with E-state index in [-0.39, 0.29) is 31.6 Å². The van der Waals surface area contributed by atoms with Crippen molar-refractivity contribution < 1.29 is 55.4 Å². The Hall–Kier alpha value is -0.440. The molecule has 0 aromatic carbocycles. The molecule has 0 bridgehead atoms. The van der Waals surface area contributed by atoms with Crippen molar-refractivity contribution in [2.75, 3.05) is 6.61 Å². The molecular weight excluding hydrogens is 500 g/mol. The maximum atomic E-state index is 12.2. The summed E-state index contributed by atoms with van der Waals surface area (Å²) in [6, 6.07) is 0. The van der Waals surface area contributed by atoms with E-state index in [0.717, 1.165) is 0 Å². The Morgan fingerprint density at radius 2 is 1.66 bits per heavy atom. The van der Waals surface area contributed by atoms with Gasteiger partial charge in [0.2, 0.25) is 0 Å². The van der Waals surface area contributed by atoms with Crippen molar-refractivity contribution in [3.8, 4) is 0 Å². The van der Waals surface area contributed by atoms with Gasteiger partial charge in [-0.25, -0.2) is 0 Å². The maximum absolute atomic E-state index is 12.2. The molecule has 5 rings (SSSR count). The topological polar surface area (TPSA) is 201 Å². The minimum absolute atomic E-state index is 0.0217. The van der Waals surface area contributed by atoms with Crippen LogP contribution in [-0.4, -0.2) is 119 Å². The Morgan fingerprint density at radius 1 is 0.974 bits per heavy atom. The summed E-state index contributed by atoms with van der Waals surface area (Å²) in [7, 11) is 0. The Morgan fingerprint density at radius 3 is 2.29 bits per heavy atom. The number of aliphatic hydroxyl groups excluding tert-OH is 7. The van der Waals surface area contributed by atoms with E-state index in [1.807, 2.05) is 6.92 Å². The molecule has 1 aliphatic heterocycles. The molecule has 0 spiro atoms.